The van der Waals surface area contributed by atoms with Crippen LogP contribution in [0.25, 0.3) is 0 Å². The van der Waals surface area contributed by atoms with E-state index in [2.05, 4.69) is 18.4 Å². The highest BCUT2D eigenvalue weighted by Gasteiger charge is 2.67. The van der Waals surface area contributed by atoms with Crippen molar-refractivity contribution in [3.63, 3.8) is 0 Å². The summed E-state index contributed by atoms with van der Waals surface area (Å²) in [6.07, 6.45) is -9.64. The van der Waals surface area contributed by atoms with Gasteiger partial charge in [-0.1, -0.05) is 73.7 Å². The second-order valence-corrected chi connectivity index (χ2v) is 22.3. The van der Waals surface area contributed by atoms with E-state index in [1.54, 1.807) is 36.3 Å². The lowest BCUT2D eigenvalue weighted by Gasteiger charge is -2.39. The van der Waals surface area contributed by atoms with Crippen LogP contribution in [-0.2, 0) is 49.0 Å². The number of aliphatic hydroxyl groups is 5. The van der Waals surface area contributed by atoms with Crippen LogP contribution in [0.4, 0.5) is 17.1 Å². The molecule has 0 saturated carbocycles. The van der Waals surface area contributed by atoms with Crippen LogP contribution in [0.1, 0.15) is 35.6 Å². The van der Waals surface area contributed by atoms with Crippen LogP contribution in [-0.4, -0.2) is 118 Å². The van der Waals surface area contributed by atoms with E-state index < -0.39 is 79.2 Å². The van der Waals surface area contributed by atoms with Gasteiger partial charge in [0.2, 0.25) is 5.91 Å². The fraction of sp³-hybridized carbons (Fsp3) is 0.413. The van der Waals surface area contributed by atoms with Gasteiger partial charge in [0, 0.05) is 35.8 Å². The van der Waals surface area contributed by atoms with Gasteiger partial charge in [0.1, 0.15) is 24.1 Å². The van der Waals surface area contributed by atoms with Gasteiger partial charge < -0.3 is 54.9 Å². The number of nitrogens with zero attached hydrogens (tertiary/aromatic N) is 3. The van der Waals surface area contributed by atoms with Gasteiger partial charge in [-0.15, -0.1) is 0 Å². The molecule has 4 heterocycles. The largest absolute Gasteiger partial charge is 0.497 e. The topological polar surface area (TPSA) is 242 Å². The zero-order chi connectivity index (χ0) is 45.8. The quantitative estimate of drug-likeness (QED) is 0.0722. The Hall–Kier alpha value is -5.57. The SMILES string of the molecule is COc1ccc([Si](C)(C)[C@H]2[C@H](CC(=O)N3Cc4ccccc4C[C@H]3CO)O[C@@]3(C(=O)N(Cc4cccc(NC(=O)[C@H]5O[C@@H](O)[C@H](O)[C@@H](O)[C@@H]5O)c4)c4ccc([N+](=O)[O-])cc43)[C@@H]2C)cc1. The van der Waals surface area contributed by atoms with Crippen molar-refractivity contribution >= 4 is 48.0 Å². The Bertz CT molecular complexity index is 2450. The number of rotatable bonds is 11. The average molecular weight is 897 g/mol. The Morgan fingerprint density at radius 3 is 2.36 bits per heavy atom. The van der Waals surface area contributed by atoms with Crippen LogP contribution in [0, 0.1) is 16.0 Å². The summed E-state index contributed by atoms with van der Waals surface area (Å²) in [5.41, 5.74) is 1.05. The van der Waals surface area contributed by atoms with Crippen molar-refractivity contribution in [3.05, 3.63) is 123 Å². The normalized spacial score (nSPS) is 28.8. The molecule has 64 heavy (non-hydrogen) atoms. The van der Waals surface area contributed by atoms with E-state index in [-0.39, 0.29) is 42.4 Å². The lowest BCUT2D eigenvalue weighted by Crippen LogP contribution is -2.60. The maximum absolute atomic E-state index is 15.5. The number of anilines is 2. The van der Waals surface area contributed by atoms with Gasteiger partial charge in [0.15, 0.2) is 18.0 Å². The zero-order valence-corrected chi connectivity index (χ0v) is 36.7. The molecule has 2 fully saturated rings. The third-order valence-corrected chi connectivity index (χ3v) is 18.0. The first-order chi connectivity index (χ1) is 30.5. The molecule has 17 nitrogen and oxygen atoms in total. The molecule has 4 aromatic rings. The number of hydrogen-bond donors (Lipinski definition) is 6. The first-order valence-electron chi connectivity index (χ1n) is 21.2. The van der Waals surface area contributed by atoms with E-state index in [0.717, 1.165) is 16.3 Å². The van der Waals surface area contributed by atoms with Gasteiger partial charge >= 0.3 is 0 Å². The lowest BCUT2D eigenvalue weighted by molar-refractivity contribution is -0.385. The Kier molecular flexibility index (Phi) is 12.3. The van der Waals surface area contributed by atoms with E-state index >= 15 is 4.79 Å². The van der Waals surface area contributed by atoms with Crippen LogP contribution in [0.5, 0.6) is 5.75 Å². The number of nitro benzene ring substituents is 1. The van der Waals surface area contributed by atoms with E-state index in [1.165, 1.54) is 23.1 Å². The molecule has 10 atom stereocenters. The molecule has 0 unspecified atom stereocenters. The van der Waals surface area contributed by atoms with Crippen molar-refractivity contribution in [2.75, 3.05) is 23.9 Å². The molecule has 0 aliphatic carbocycles. The predicted octanol–water partition coefficient (Wildman–Crippen LogP) is 2.44. The minimum Gasteiger partial charge on any atom is -0.497 e. The molecule has 4 aromatic carbocycles. The summed E-state index contributed by atoms with van der Waals surface area (Å²) in [6.45, 7) is 6.21. The average Bonchev–Trinajstić information content (AvgIpc) is 3.71. The lowest BCUT2D eigenvalue weighted by atomic mass is 9.82. The van der Waals surface area contributed by atoms with Crippen LogP contribution < -0.4 is 20.1 Å². The number of benzene rings is 4. The molecule has 0 bridgehead atoms. The number of ether oxygens (including phenoxy) is 3. The third-order valence-electron chi connectivity index (χ3n) is 13.7. The highest BCUT2D eigenvalue weighted by atomic mass is 28.3. The molecule has 0 radical (unpaired) electrons. The highest BCUT2D eigenvalue weighted by molar-refractivity contribution is 6.91. The molecule has 3 amide bonds. The van der Waals surface area contributed by atoms with Crippen molar-refractivity contribution < 1.29 is 59.1 Å². The monoisotopic (exact) mass is 896 g/mol. The molecule has 18 heteroatoms. The minimum absolute atomic E-state index is 0.0731. The van der Waals surface area contributed by atoms with Crippen molar-refractivity contribution in [3.8, 4) is 5.75 Å². The number of carbonyl (C=O) groups excluding carboxylic acids is 3. The fourth-order valence-electron chi connectivity index (χ4n) is 10.3. The number of hydrogen-bond acceptors (Lipinski definition) is 13. The number of amides is 3. The molecule has 338 valence electrons. The molecule has 1 spiro atoms. The number of nitro groups is 1. The molecule has 8 rings (SSSR count). The second kappa shape index (κ2) is 17.4. The predicted molar refractivity (Wildman–Crippen MR) is 234 cm³/mol. The van der Waals surface area contributed by atoms with Gasteiger partial charge in [-0.2, -0.15) is 0 Å². The molecule has 4 aliphatic rings. The van der Waals surface area contributed by atoms with Crippen molar-refractivity contribution in [2.24, 2.45) is 5.92 Å². The van der Waals surface area contributed by atoms with Gasteiger partial charge in [0.05, 0.1) is 57.5 Å². The third kappa shape index (κ3) is 7.76. The Labute approximate surface area is 370 Å². The molecule has 2 saturated heterocycles. The molecule has 0 aromatic heterocycles. The summed E-state index contributed by atoms with van der Waals surface area (Å²) >= 11 is 0. The standard InChI is InChI=1S/C46H52N4O13Si/c1-25-42(64(3,4)33-15-13-32(61-2)14-16-33)36(21-37(52)48-23-28-10-6-5-9-27(28)19-31(48)24-51)63-46(25)34-20-30(50(59)60)12-17-35(34)49(45(46)58)22-26-8-7-11-29(18-26)47-43(56)41-39(54)38(53)40(55)44(57)62-41/h5-18,20,25,31,36,38-42,44,51,53-55,57H,19,21-24H2,1-4H3,(H,47,56)/t25-,31+,36+,38+,39+,40-,41+,42-,44-,46+/m1/s1. The molecular weight excluding hydrogens is 845 g/mol. The second-order valence-electron chi connectivity index (χ2n) is 17.7. The minimum atomic E-state index is -2.76. The van der Waals surface area contributed by atoms with Crippen LogP contribution in [0.2, 0.25) is 18.6 Å². The maximum atomic E-state index is 15.5. The van der Waals surface area contributed by atoms with E-state index in [0.29, 0.717) is 35.5 Å². The van der Waals surface area contributed by atoms with Gasteiger partial charge in [0.25, 0.3) is 17.5 Å². The van der Waals surface area contributed by atoms with Crippen LogP contribution in [0.15, 0.2) is 91.0 Å². The first kappa shape index (κ1) is 45.0. The number of nitrogens with one attached hydrogen (secondary N) is 1. The smallest absolute Gasteiger partial charge is 0.269 e. The summed E-state index contributed by atoms with van der Waals surface area (Å²) in [5.74, 6) is -1.59. The summed E-state index contributed by atoms with van der Waals surface area (Å²) in [7, 11) is -1.18. The van der Waals surface area contributed by atoms with Crippen molar-refractivity contribution in [1.29, 1.82) is 0 Å². The Morgan fingerprint density at radius 2 is 1.67 bits per heavy atom. The van der Waals surface area contributed by atoms with Gasteiger partial charge in [-0.25, -0.2) is 0 Å². The van der Waals surface area contributed by atoms with Crippen molar-refractivity contribution in [2.45, 2.75) is 99.9 Å². The van der Waals surface area contributed by atoms with Crippen LogP contribution >= 0.6 is 0 Å². The van der Waals surface area contributed by atoms with Crippen LogP contribution in [0.3, 0.4) is 0 Å². The van der Waals surface area contributed by atoms with E-state index in [1.807, 2.05) is 55.5 Å². The number of carbonyl (C=O) groups is 3. The summed E-state index contributed by atoms with van der Waals surface area (Å²) < 4.78 is 17.7. The number of aliphatic hydroxyl groups excluding tert-OH is 5. The summed E-state index contributed by atoms with van der Waals surface area (Å²) in [6, 6.07) is 25.7. The Morgan fingerprint density at radius 1 is 0.953 bits per heavy atom. The number of fused-ring (bicyclic) bond motifs is 3. The van der Waals surface area contributed by atoms with Crippen molar-refractivity contribution in [1.82, 2.24) is 4.90 Å². The van der Waals surface area contributed by atoms with E-state index in [9.17, 15) is 45.2 Å². The summed E-state index contributed by atoms with van der Waals surface area (Å²) in [5, 5.41) is 66.9. The fourth-order valence-corrected chi connectivity index (χ4v) is 14.3. The van der Waals surface area contributed by atoms with E-state index in [4.69, 9.17) is 14.2 Å². The molecule has 4 aliphatic heterocycles. The first-order valence-corrected chi connectivity index (χ1v) is 24.3. The van der Waals surface area contributed by atoms with Gasteiger partial charge in [-0.3, -0.25) is 24.5 Å². The molecule has 6 N–H and O–H groups in total. The van der Waals surface area contributed by atoms with Gasteiger partial charge in [-0.05, 0) is 59.0 Å². The zero-order valence-electron chi connectivity index (χ0n) is 35.7. The molecular formula is C46H52N4O13Si. The highest BCUT2D eigenvalue weighted by Crippen LogP contribution is 2.60. The number of non-ortho nitro benzene ring substituents is 1. The maximum Gasteiger partial charge on any atom is 0.269 e. The Balaban J connectivity index is 1.15. The number of methoxy groups -OCH3 is 1. The summed E-state index contributed by atoms with van der Waals surface area (Å²) in [4.78, 5) is 58.3.